The van der Waals surface area contributed by atoms with Crippen LogP contribution < -0.4 is 5.43 Å². The van der Waals surface area contributed by atoms with Gasteiger partial charge in [0, 0.05) is 10.4 Å². The van der Waals surface area contributed by atoms with Gasteiger partial charge >= 0.3 is 0 Å². The van der Waals surface area contributed by atoms with Crippen LogP contribution in [0, 0.1) is 0 Å². The molecule has 0 aliphatic heterocycles. The van der Waals surface area contributed by atoms with Crippen LogP contribution in [0.15, 0.2) is 59.7 Å². The fraction of sp³-hybridized carbons (Fsp3) is 0.0556. The molecule has 24 heavy (non-hydrogen) atoms. The van der Waals surface area contributed by atoms with Crippen LogP contribution in [0.4, 0.5) is 0 Å². The van der Waals surface area contributed by atoms with E-state index in [2.05, 4.69) is 15.5 Å². The zero-order valence-corrected chi connectivity index (χ0v) is 13.6. The number of para-hydroxylation sites is 1. The van der Waals surface area contributed by atoms with Crippen LogP contribution in [-0.4, -0.2) is 21.7 Å². The van der Waals surface area contributed by atoms with Crippen LogP contribution >= 0.6 is 11.6 Å². The summed E-state index contributed by atoms with van der Waals surface area (Å²) in [4.78, 5) is 16.6. The van der Waals surface area contributed by atoms with E-state index in [4.69, 9.17) is 11.6 Å². The molecule has 120 valence electrons. The Hall–Kier alpha value is -2.92. The first-order valence-electron chi connectivity index (χ1n) is 7.24. The van der Waals surface area contributed by atoms with Gasteiger partial charge in [-0.25, -0.2) is 10.4 Å². The molecule has 2 aromatic carbocycles. The molecule has 2 N–H and O–H groups in total. The molecule has 6 heteroatoms. The third-order valence-corrected chi connectivity index (χ3v) is 3.73. The van der Waals surface area contributed by atoms with Crippen LogP contribution in [-0.2, 0) is 0 Å². The molecule has 3 rings (SSSR count). The molecular weight excluding hydrogens is 326 g/mol. The van der Waals surface area contributed by atoms with Gasteiger partial charge in [0.2, 0.25) is 0 Å². The first-order chi connectivity index (χ1) is 11.5. The minimum absolute atomic E-state index is 0.0607. The van der Waals surface area contributed by atoms with E-state index in [9.17, 15) is 9.90 Å². The average molecular weight is 340 g/mol. The number of rotatable bonds is 3. The molecule has 0 atom stereocenters. The van der Waals surface area contributed by atoms with Gasteiger partial charge in [0.15, 0.2) is 0 Å². The number of aromatic nitrogens is 1. The number of nitrogens with zero attached hydrogens (tertiary/aromatic N) is 2. The number of fused-ring (bicyclic) bond motifs is 1. The van der Waals surface area contributed by atoms with Crippen LogP contribution in [0.5, 0.6) is 5.75 Å². The van der Waals surface area contributed by atoms with Crippen molar-refractivity contribution in [2.24, 2.45) is 5.10 Å². The van der Waals surface area contributed by atoms with Crippen molar-refractivity contribution in [2.75, 3.05) is 0 Å². The molecule has 1 aromatic heterocycles. The third-order valence-electron chi connectivity index (χ3n) is 3.50. The topological polar surface area (TPSA) is 74.6 Å². The van der Waals surface area contributed by atoms with Gasteiger partial charge in [-0.05, 0) is 37.3 Å². The summed E-state index contributed by atoms with van der Waals surface area (Å²) >= 11 is 5.84. The van der Waals surface area contributed by atoms with Gasteiger partial charge in [0.05, 0.1) is 22.5 Å². The van der Waals surface area contributed by atoms with Crippen molar-refractivity contribution in [1.82, 2.24) is 10.4 Å². The minimum Gasteiger partial charge on any atom is -0.507 e. The number of hydrogen-bond donors (Lipinski definition) is 2. The van der Waals surface area contributed by atoms with Crippen molar-refractivity contribution in [3.8, 4) is 5.75 Å². The monoisotopic (exact) mass is 339 g/mol. The van der Waals surface area contributed by atoms with Crippen LogP contribution in [0.2, 0.25) is 5.02 Å². The summed E-state index contributed by atoms with van der Waals surface area (Å²) in [6.45, 7) is 1.75. The Morgan fingerprint density at radius 1 is 1.17 bits per heavy atom. The van der Waals surface area contributed by atoms with Gasteiger partial charge in [-0.3, -0.25) is 4.79 Å². The average Bonchev–Trinajstić information content (AvgIpc) is 2.61. The number of phenols is 1. The summed E-state index contributed by atoms with van der Waals surface area (Å²) in [5.41, 5.74) is 4.52. The van der Waals surface area contributed by atoms with Gasteiger partial charge in [-0.15, -0.1) is 0 Å². The van der Waals surface area contributed by atoms with Crippen LogP contribution in [0.25, 0.3) is 10.9 Å². The number of pyridine rings is 1. The second-order valence-electron chi connectivity index (χ2n) is 5.19. The molecule has 1 amide bonds. The van der Waals surface area contributed by atoms with Gasteiger partial charge in [-0.2, -0.15) is 5.10 Å². The number of hydrazone groups is 1. The van der Waals surface area contributed by atoms with E-state index in [1.54, 1.807) is 6.92 Å². The van der Waals surface area contributed by atoms with E-state index in [1.807, 2.05) is 36.4 Å². The SMILES string of the molecule is C/C(=N\NC(=O)c1cc(Cl)ccc1O)c1ccc2ccccc2n1. The van der Waals surface area contributed by atoms with Gasteiger partial charge < -0.3 is 5.11 Å². The Labute approximate surface area is 143 Å². The molecule has 3 aromatic rings. The van der Waals surface area contributed by atoms with Crippen molar-refractivity contribution in [1.29, 1.82) is 0 Å². The zero-order valence-electron chi connectivity index (χ0n) is 12.8. The van der Waals surface area contributed by atoms with Crippen molar-refractivity contribution in [3.05, 3.63) is 70.9 Å². The highest BCUT2D eigenvalue weighted by atomic mass is 35.5. The van der Waals surface area contributed by atoms with Crippen LogP contribution in [0.3, 0.4) is 0 Å². The molecule has 5 nitrogen and oxygen atoms in total. The van der Waals surface area contributed by atoms with E-state index >= 15 is 0 Å². The molecule has 0 saturated carbocycles. The maximum absolute atomic E-state index is 12.1. The number of hydrogen-bond acceptors (Lipinski definition) is 4. The maximum atomic E-state index is 12.1. The quantitative estimate of drug-likeness (QED) is 0.563. The lowest BCUT2D eigenvalue weighted by Gasteiger charge is -2.05. The summed E-state index contributed by atoms with van der Waals surface area (Å²) in [7, 11) is 0. The largest absolute Gasteiger partial charge is 0.507 e. The Morgan fingerprint density at radius 3 is 2.79 bits per heavy atom. The Morgan fingerprint density at radius 2 is 1.96 bits per heavy atom. The standard InChI is InChI=1S/C18H14ClN3O2/c1-11(15-8-6-12-4-2-3-5-16(12)20-15)21-22-18(24)14-10-13(19)7-9-17(14)23/h2-10,23H,1H3,(H,22,24)/b21-11+. The summed E-state index contributed by atoms with van der Waals surface area (Å²) in [6.07, 6.45) is 0. The van der Waals surface area contributed by atoms with Crippen molar-refractivity contribution in [2.45, 2.75) is 6.92 Å². The van der Waals surface area contributed by atoms with Crippen molar-refractivity contribution >= 4 is 34.1 Å². The lowest BCUT2D eigenvalue weighted by molar-refractivity contribution is 0.0952. The fourth-order valence-electron chi connectivity index (χ4n) is 2.21. The summed E-state index contributed by atoms with van der Waals surface area (Å²) in [5.74, 6) is -0.705. The first kappa shape index (κ1) is 16.0. The summed E-state index contributed by atoms with van der Waals surface area (Å²) < 4.78 is 0. The van der Waals surface area contributed by atoms with E-state index in [0.29, 0.717) is 16.4 Å². The normalized spacial score (nSPS) is 11.5. The third kappa shape index (κ3) is 3.36. The Kier molecular flexibility index (Phi) is 4.44. The number of carbonyl (C=O) groups excluding carboxylic acids is 1. The number of phenolic OH excluding ortho intramolecular Hbond substituents is 1. The number of nitrogens with one attached hydrogen (secondary N) is 1. The summed E-state index contributed by atoms with van der Waals surface area (Å²) in [5, 5.41) is 15.2. The fourth-order valence-corrected chi connectivity index (χ4v) is 2.38. The van der Waals surface area contributed by atoms with Crippen molar-refractivity contribution in [3.63, 3.8) is 0 Å². The highest BCUT2D eigenvalue weighted by molar-refractivity contribution is 6.31. The number of carbonyl (C=O) groups is 1. The first-order valence-corrected chi connectivity index (χ1v) is 7.62. The van der Waals surface area contributed by atoms with E-state index in [0.717, 1.165) is 10.9 Å². The molecule has 0 radical (unpaired) electrons. The Balaban J connectivity index is 1.82. The highest BCUT2D eigenvalue weighted by Crippen LogP contribution is 2.21. The molecule has 0 saturated heterocycles. The number of aromatic hydroxyl groups is 1. The van der Waals surface area contributed by atoms with Gasteiger partial charge in [0.25, 0.3) is 5.91 Å². The molecule has 0 aliphatic rings. The smallest absolute Gasteiger partial charge is 0.275 e. The maximum Gasteiger partial charge on any atom is 0.275 e. The summed E-state index contributed by atoms with van der Waals surface area (Å²) in [6, 6.07) is 15.8. The molecule has 0 bridgehead atoms. The van der Waals surface area contributed by atoms with Gasteiger partial charge in [-0.1, -0.05) is 35.9 Å². The second-order valence-corrected chi connectivity index (χ2v) is 5.63. The van der Waals surface area contributed by atoms with E-state index < -0.39 is 5.91 Å². The lowest BCUT2D eigenvalue weighted by atomic mass is 10.2. The van der Waals surface area contributed by atoms with Gasteiger partial charge in [0.1, 0.15) is 5.75 Å². The second kappa shape index (κ2) is 6.68. The molecule has 0 fully saturated rings. The molecule has 0 spiro atoms. The predicted molar refractivity (Wildman–Crippen MR) is 94.5 cm³/mol. The number of halogens is 1. The number of amides is 1. The van der Waals surface area contributed by atoms with Crippen LogP contribution in [0.1, 0.15) is 23.0 Å². The lowest BCUT2D eigenvalue weighted by Crippen LogP contribution is -2.19. The molecule has 1 heterocycles. The highest BCUT2D eigenvalue weighted by Gasteiger charge is 2.11. The predicted octanol–water partition coefficient (Wildman–Crippen LogP) is 3.75. The number of benzene rings is 2. The van der Waals surface area contributed by atoms with E-state index in [-0.39, 0.29) is 11.3 Å². The van der Waals surface area contributed by atoms with E-state index in [1.165, 1.54) is 18.2 Å². The zero-order chi connectivity index (χ0) is 17.1. The minimum atomic E-state index is -0.546. The van der Waals surface area contributed by atoms with Crippen molar-refractivity contribution < 1.29 is 9.90 Å². The molecular formula is C18H14ClN3O2. The Bertz CT molecular complexity index is 954. The molecule has 0 aliphatic carbocycles. The molecule has 0 unspecified atom stereocenters.